The fraction of sp³-hybridized carbons (Fsp3) is 0.500. The zero-order valence-electron chi connectivity index (χ0n) is 6.06. The van der Waals surface area contributed by atoms with Gasteiger partial charge in [-0.3, -0.25) is 4.21 Å². The molecule has 0 bridgehead atoms. The van der Waals surface area contributed by atoms with Crippen LogP contribution in [-0.4, -0.2) is 19.3 Å². The predicted octanol–water partition coefficient (Wildman–Crippen LogP) is -5.25. The molecule has 0 aliphatic rings. The summed E-state index contributed by atoms with van der Waals surface area (Å²) in [5.41, 5.74) is 0. The van der Waals surface area contributed by atoms with Crippen LogP contribution in [0.3, 0.4) is 0 Å². The zero-order valence-corrected chi connectivity index (χ0v) is 12.7. The third-order valence-electron chi connectivity index (χ3n) is 0. The second-order valence-corrected chi connectivity index (χ2v) is 2.94. The van der Waals surface area contributed by atoms with Crippen LogP contribution in [0.1, 0.15) is 6.92 Å². The number of carboxylic acid groups (broad SMARTS) is 1. The molecule has 0 aliphatic carbocycles. The molecule has 0 atom stereocenters. The molecule has 0 aromatic rings. The van der Waals surface area contributed by atoms with Gasteiger partial charge in [-0.05, 0) is 18.1 Å². The summed E-state index contributed by atoms with van der Waals surface area (Å²) in [5.74, 6) is -1.08. The molecule has 0 aliphatic heterocycles. The van der Waals surface area contributed by atoms with E-state index in [0.29, 0.717) is 0 Å². The van der Waals surface area contributed by atoms with E-state index in [1.807, 2.05) is 0 Å². The third kappa shape index (κ3) is 524. The summed E-state index contributed by atoms with van der Waals surface area (Å²) in [4.78, 5) is 8.89. The molecule has 0 aromatic heterocycles. The molecule has 56 valence electrons. The van der Waals surface area contributed by atoms with Crippen LogP contribution in [0.15, 0.2) is 0 Å². The Balaban J connectivity index is -0.0000000383. The largest absolute Gasteiger partial charge is 2.00 e. The van der Waals surface area contributed by atoms with E-state index in [2.05, 4.69) is 11.2 Å². The minimum Gasteiger partial charge on any atom is -0.780 e. The molecule has 0 radical (unpaired) electrons. The standard InChI is InChI=1S/C2H4O2.Na.H2O3S2.Zn/c1-2(3)4;;1-5(2,3)4;/h1H3,(H,3,4);;(H2,1,2,3,4);/q;+1;;+2/p-3. The van der Waals surface area contributed by atoms with Crippen LogP contribution >= 0.6 is 0 Å². The van der Waals surface area contributed by atoms with Gasteiger partial charge in [0.1, 0.15) is 0 Å². The first-order valence-electron chi connectivity index (χ1n) is 1.57. The first-order chi connectivity index (χ1) is 3.73. The van der Waals surface area contributed by atoms with Crippen molar-refractivity contribution in [3.05, 3.63) is 0 Å². The van der Waals surface area contributed by atoms with Crippen molar-refractivity contribution < 1.29 is 72.3 Å². The second-order valence-electron chi connectivity index (χ2n) is 0.900. The Bertz CT molecular complexity index is 165. The van der Waals surface area contributed by atoms with Gasteiger partial charge in [0.15, 0.2) is 0 Å². The van der Waals surface area contributed by atoms with Gasteiger partial charge in [-0.1, -0.05) is 0 Å². The van der Waals surface area contributed by atoms with Gasteiger partial charge >= 0.3 is 49.0 Å². The Morgan fingerprint density at radius 3 is 1.45 bits per heavy atom. The van der Waals surface area contributed by atoms with Crippen molar-refractivity contribution in [2.45, 2.75) is 6.92 Å². The van der Waals surface area contributed by atoms with Gasteiger partial charge in [0, 0.05) is 5.97 Å². The number of rotatable bonds is 0. The van der Waals surface area contributed by atoms with Crippen LogP contribution in [0.4, 0.5) is 0 Å². The van der Waals surface area contributed by atoms with E-state index in [1.165, 1.54) is 0 Å². The second kappa shape index (κ2) is 11.4. The summed E-state index contributed by atoms with van der Waals surface area (Å²) in [6.07, 6.45) is 0. The van der Waals surface area contributed by atoms with Gasteiger partial charge in [-0.2, -0.15) is 0 Å². The van der Waals surface area contributed by atoms with Gasteiger partial charge in [-0.15, -0.1) is 9.05 Å². The number of hydrogen-bond donors (Lipinski definition) is 0. The molecule has 9 heteroatoms. The summed E-state index contributed by atoms with van der Waals surface area (Å²) in [6.45, 7) is 0.972. The molecule has 0 rings (SSSR count). The molecule has 0 fully saturated rings. The summed E-state index contributed by atoms with van der Waals surface area (Å²) in [7, 11) is -4.33. The molecule has 11 heavy (non-hydrogen) atoms. The molecule has 0 saturated heterocycles. The average Bonchev–Trinajstić information content (AvgIpc) is 1.19. The molecule has 0 aromatic carbocycles. The average molecular weight is 260 g/mol. The van der Waals surface area contributed by atoms with Gasteiger partial charge in [0.05, 0.1) is 0 Å². The van der Waals surface area contributed by atoms with E-state index in [0.717, 1.165) is 6.92 Å². The first kappa shape index (κ1) is 22.8. The Kier molecular flexibility index (Phi) is 23.6. The van der Waals surface area contributed by atoms with Crippen molar-refractivity contribution in [3.63, 3.8) is 0 Å². The van der Waals surface area contributed by atoms with Crippen molar-refractivity contribution in [1.29, 1.82) is 0 Å². The maximum absolute atomic E-state index is 8.89. The predicted molar refractivity (Wildman–Crippen MR) is 27.7 cm³/mol. The maximum atomic E-state index is 8.89. The zero-order chi connectivity index (χ0) is 8.08. The summed E-state index contributed by atoms with van der Waals surface area (Å²) in [5, 5.41) is 8.89. The molecule has 5 nitrogen and oxygen atoms in total. The van der Waals surface area contributed by atoms with Crippen molar-refractivity contribution in [2.75, 3.05) is 0 Å². The van der Waals surface area contributed by atoms with Gasteiger partial charge in [0.25, 0.3) is 0 Å². The van der Waals surface area contributed by atoms with E-state index in [4.69, 9.17) is 23.2 Å². The van der Waals surface area contributed by atoms with E-state index in [-0.39, 0.29) is 49.0 Å². The maximum Gasteiger partial charge on any atom is 2.00 e. The van der Waals surface area contributed by atoms with Gasteiger partial charge in [0.2, 0.25) is 0 Å². The Morgan fingerprint density at radius 1 is 1.45 bits per heavy atom. The molecule has 0 saturated carbocycles. The van der Waals surface area contributed by atoms with Crippen LogP contribution in [0, 0.1) is 0 Å². The minimum atomic E-state index is -4.33. The van der Waals surface area contributed by atoms with Gasteiger partial charge in [-0.25, -0.2) is 0 Å². The summed E-state index contributed by atoms with van der Waals surface area (Å²) >= 11 is 3.24. The molecule has 0 unspecified atom stereocenters. The molecule has 0 spiro atoms. The quantitative estimate of drug-likeness (QED) is 0.403. The number of carbonyl (C=O) groups is 1. The van der Waals surface area contributed by atoms with Gasteiger partial charge < -0.3 is 19.0 Å². The molecule has 0 amide bonds. The monoisotopic (exact) mass is 258 g/mol. The topological polar surface area (TPSA) is 103 Å². The van der Waals surface area contributed by atoms with Crippen molar-refractivity contribution >= 4 is 26.2 Å². The Labute approximate surface area is 104 Å². The molecule has 0 N–H and O–H groups in total. The fourth-order valence-electron chi connectivity index (χ4n) is 0. The molecular formula is C2H3NaO5S2Zn. The number of hydrogen-bond acceptors (Lipinski definition) is 6. The van der Waals surface area contributed by atoms with E-state index >= 15 is 0 Å². The van der Waals surface area contributed by atoms with Crippen molar-refractivity contribution in [1.82, 2.24) is 0 Å². The number of aliphatic carboxylic acids is 1. The van der Waals surface area contributed by atoms with Crippen molar-refractivity contribution in [2.24, 2.45) is 0 Å². The van der Waals surface area contributed by atoms with Crippen LogP contribution < -0.4 is 34.7 Å². The van der Waals surface area contributed by atoms with Crippen LogP contribution in [0.2, 0.25) is 0 Å². The normalized spacial score (nSPS) is 7.55. The first-order valence-corrected chi connectivity index (χ1v) is 3.91. The Hall–Kier alpha value is 1.38. The third-order valence-corrected chi connectivity index (χ3v) is 0. The minimum absolute atomic E-state index is 0. The van der Waals surface area contributed by atoms with E-state index in [9.17, 15) is 0 Å². The summed E-state index contributed by atoms with van der Waals surface area (Å²) in [6, 6.07) is 0. The van der Waals surface area contributed by atoms with Crippen LogP contribution in [-0.2, 0) is 44.5 Å². The smallest absolute Gasteiger partial charge is 0.780 e. The number of carbonyl (C=O) groups excluding carboxylic acids is 1. The molecule has 0 heterocycles. The van der Waals surface area contributed by atoms with Crippen LogP contribution in [0.5, 0.6) is 0 Å². The molecular weight excluding hydrogens is 257 g/mol. The number of carboxylic acids is 1. The fourth-order valence-corrected chi connectivity index (χ4v) is 0. The summed E-state index contributed by atoms with van der Waals surface area (Å²) < 4.78 is 26.7. The van der Waals surface area contributed by atoms with E-state index < -0.39 is 15.0 Å². The Morgan fingerprint density at radius 2 is 1.45 bits per heavy atom. The van der Waals surface area contributed by atoms with Crippen LogP contribution in [0.25, 0.3) is 0 Å². The van der Waals surface area contributed by atoms with E-state index in [1.54, 1.807) is 0 Å². The van der Waals surface area contributed by atoms with Crippen molar-refractivity contribution in [3.8, 4) is 0 Å². The SMILES string of the molecule is CC(=O)[O-].O=S([O-])([O-])=S.[Na+].[Zn+2].